The molecule has 2 aliphatic heterocycles. The zero-order chi connectivity index (χ0) is 20.1. The Morgan fingerprint density at radius 3 is 2.68 bits per heavy atom. The Morgan fingerprint density at radius 2 is 2.07 bits per heavy atom. The normalized spacial score (nSPS) is 24.1. The van der Waals surface area contributed by atoms with E-state index in [0.29, 0.717) is 17.4 Å². The molecule has 2 atom stereocenters. The van der Waals surface area contributed by atoms with E-state index in [1.807, 2.05) is 31.2 Å². The van der Waals surface area contributed by atoms with Crippen molar-refractivity contribution in [3.8, 4) is 0 Å². The molecule has 2 N–H and O–H groups in total. The zero-order valence-electron chi connectivity index (χ0n) is 16.1. The van der Waals surface area contributed by atoms with Crippen LogP contribution in [-0.2, 0) is 14.6 Å². The highest BCUT2D eigenvalue weighted by atomic mass is 32.2. The molecule has 9 heteroatoms. The van der Waals surface area contributed by atoms with E-state index in [0.717, 1.165) is 29.4 Å². The van der Waals surface area contributed by atoms with Crippen LogP contribution in [-0.4, -0.2) is 48.5 Å². The van der Waals surface area contributed by atoms with Crippen molar-refractivity contribution in [2.45, 2.75) is 38.4 Å². The van der Waals surface area contributed by atoms with Gasteiger partial charge in [-0.3, -0.25) is 9.79 Å². The number of benzene rings is 1. The molecule has 0 unspecified atom stereocenters. The summed E-state index contributed by atoms with van der Waals surface area (Å²) in [6, 6.07) is 7.80. The van der Waals surface area contributed by atoms with Crippen molar-refractivity contribution in [1.82, 2.24) is 5.43 Å². The van der Waals surface area contributed by atoms with E-state index in [1.165, 1.54) is 0 Å². The van der Waals surface area contributed by atoms with Crippen LogP contribution in [0.15, 0.2) is 34.4 Å². The number of aliphatic imine (C=N–C) groups is 1. The molecule has 0 spiro atoms. The molecule has 2 aliphatic rings. The number of amides is 1. The van der Waals surface area contributed by atoms with Crippen LogP contribution in [0.3, 0.4) is 0 Å². The number of nitrogens with zero attached hydrogens (tertiary/aromatic N) is 2. The predicted octanol–water partition coefficient (Wildman–Crippen LogP) is 2.64. The van der Waals surface area contributed by atoms with E-state index in [2.05, 4.69) is 27.8 Å². The summed E-state index contributed by atoms with van der Waals surface area (Å²) in [7, 11) is -2.96. The molecule has 1 aromatic carbocycles. The molecule has 0 aromatic heterocycles. The summed E-state index contributed by atoms with van der Waals surface area (Å²) in [5.41, 5.74) is 5.10. The van der Waals surface area contributed by atoms with Crippen LogP contribution in [0.4, 0.5) is 5.69 Å². The minimum atomic E-state index is -2.96. The summed E-state index contributed by atoms with van der Waals surface area (Å²) >= 11 is 1.77. The number of hydrazone groups is 1. The molecule has 1 saturated heterocycles. The molecular weight excluding hydrogens is 396 g/mol. The molecule has 0 bridgehead atoms. The van der Waals surface area contributed by atoms with E-state index in [9.17, 15) is 13.2 Å². The number of carbonyl (C=O) groups is 1. The van der Waals surface area contributed by atoms with Gasteiger partial charge in [-0.1, -0.05) is 30.8 Å². The van der Waals surface area contributed by atoms with Crippen LogP contribution in [0, 0.1) is 5.92 Å². The first kappa shape index (κ1) is 20.9. The van der Waals surface area contributed by atoms with Crippen LogP contribution in [0.2, 0.25) is 0 Å². The van der Waals surface area contributed by atoms with Crippen molar-refractivity contribution in [2.75, 3.05) is 23.4 Å². The van der Waals surface area contributed by atoms with Gasteiger partial charge in [0, 0.05) is 17.4 Å². The Bertz CT molecular complexity index is 879. The Morgan fingerprint density at radius 1 is 1.32 bits per heavy atom. The maximum Gasteiger partial charge on any atom is 0.240 e. The van der Waals surface area contributed by atoms with Gasteiger partial charge >= 0.3 is 0 Å². The molecule has 28 heavy (non-hydrogen) atoms. The monoisotopic (exact) mass is 422 g/mol. The Hall–Kier alpha value is -1.87. The number of thioether (sulfide) groups is 1. The summed E-state index contributed by atoms with van der Waals surface area (Å²) in [4.78, 5) is 16.5. The second-order valence-corrected chi connectivity index (χ2v) is 10.7. The third kappa shape index (κ3) is 5.81. The van der Waals surface area contributed by atoms with Gasteiger partial charge < -0.3 is 5.32 Å². The molecule has 1 aromatic rings. The third-order valence-corrected chi connectivity index (χ3v) is 7.98. The highest BCUT2D eigenvalue weighted by Gasteiger charge is 2.29. The maximum absolute atomic E-state index is 12.0. The second kappa shape index (κ2) is 9.09. The Kier molecular flexibility index (Phi) is 6.77. The first-order chi connectivity index (χ1) is 13.3. The van der Waals surface area contributed by atoms with Gasteiger partial charge in [-0.25, -0.2) is 13.8 Å². The molecule has 0 radical (unpaired) electrons. The quantitative estimate of drug-likeness (QED) is 0.542. The van der Waals surface area contributed by atoms with E-state index >= 15 is 0 Å². The topological polar surface area (TPSA) is 100.0 Å². The molecule has 1 fully saturated rings. The highest BCUT2D eigenvalue weighted by molar-refractivity contribution is 8.15. The van der Waals surface area contributed by atoms with Crippen LogP contribution < -0.4 is 10.7 Å². The lowest BCUT2D eigenvalue weighted by Crippen LogP contribution is -2.22. The van der Waals surface area contributed by atoms with Gasteiger partial charge in [-0.05, 0) is 43.4 Å². The van der Waals surface area contributed by atoms with Gasteiger partial charge in [0.2, 0.25) is 5.91 Å². The summed E-state index contributed by atoms with van der Waals surface area (Å²) < 4.78 is 22.9. The van der Waals surface area contributed by atoms with Gasteiger partial charge in [0.05, 0.1) is 23.8 Å². The summed E-state index contributed by atoms with van der Waals surface area (Å²) in [5, 5.41) is 8.98. The van der Waals surface area contributed by atoms with Gasteiger partial charge in [0.1, 0.15) is 0 Å². The summed E-state index contributed by atoms with van der Waals surface area (Å²) in [6.07, 6.45) is 1.85. The number of anilines is 1. The maximum atomic E-state index is 12.0. The Labute approximate surface area is 170 Å². The molecule has 152 valence electrons. The van der Waals surface area contributed by atoms with Crippen molar-refractivity contribution < 1.29 is 13.2 Å². The summed E-state index contributed by atoms with van der Waals surface area (Å²) in [6.45, 7) is 4.85. The first-order valence-electron chi connectivity index (χ1n) is 9.46. The molecule has 0 saturated carbocycles. The number of nitrogens with one attached hydrogen (secondary N) is 2. The second-order valence-electron chi connectivity index (χ2n) is 7.20. The first-order valence-corrected chi connectivity index (χ1v) is 12.2. The number of amidine groups is 1. The molecule has 0 aliphatic carbocycles. The minimum Gasteiger partial charge on any atom is -0.335 e. The van der Waals surface area contributed by atoms with Crippen molar-refractivity contribution in [3.63, 3.8) is 0 Å². The van der Waals surface area contributed by atoms with E-state index in [-0.39, 0.29) is 29.8 Å². The largest absolute Gasteiger partial charge is 0.335 e. The number of rotatable bonds is 6. The van der Waals surface area contributed by atoms with Crippen LogP contribution in [0.5, 0.6) is 0 Å². The van der Waals surface area contributed by atoms with Crippen molar-refractivity contribution >= 4 is 44.1 Å². The van der Waals surface area contributed by atoms with Crippen LogP contribution in [0.25, 0.3) is 0 Å². The van der Waals surface area contributed by atoms with Crippen LogP contribution in [0.1, 0.15) is 38.7 Å². The fourth-order valence-corrected chi connectivity index (χ4v) is 5.99. The lowest BCUT2D eigenvalue weighted by molar-refractivity contribution is -0.121. The standard InChI is InChI=1S/C19H26N4O3S2/c1-3-17-11-20-19(27-17)21-16-6-4-15(5-7-16)13(2)22-23-18(24)10-14-8-9-28(25,26)12-14/h4-7,14,17H,3,8-12H2,1-2H3,(H,20,21)(H,23,24)/b22-13-/t14-,17+/m0/s1. The predicted molar refractivity (Wildman–Crippen MR) is 116 cm³/mol. The van der Waals surface area contributed by atoms with Gasteiger partial charge in [0.25, 0.3) is 0 Å². The van der Waals surface area contributed by atoms with Crippen molar-refractivity contribution in [1.29, 1.82) is 0 Å². The zero-order valence-corrected chi connectivity index (χ0v) is 17.8. The van der Waals surface area contributed by atoms with E-state index < -0.39 is 9.84 Å². The van der Waals surface area contributed by atoms with Gasteiger partial charge in [-0.15, -0.1) is 0 Å². The minimum absolute atomic E-state index is 0.0974. The molecule has 7 nitrogen and oxygen atoms in total. The average Bonchev–Trinajstić information content (AvgIpc) is 3.26. The lowest BCUT2D eigenvalue weighted by atomic mass is 10.1. The smallest absolute Gasteiger partial charge is 0.240 e. The fourth-order valence-electron chi connectivity index (χ4n) is 3.17. The molecule has 2 heterocycles. The SMILES string of the molecule is CC[C@@H]1CN=C(Nc2ccc(/C(C)=N\NC(=O)C[C@@H]3CCS(=O)(=O)C3)cc2)S1. The van der Waals surface area contributed by atoms with Gasteiger partial charge in [-0.2, -0.15) is 5.10 Å². The number of sulfone groups is 1. The number of carbonyl (C=O) groups excluding carboxylic acids is 1. The highest BCUT2D eigenvalue weighted by Crippen LogP contribution is 2.25. The van der Waals surface area contributed by atoms with Crippen LogP contribution >= 0.6 is 11.8 Å². The average molecular weight is 423 g/mol. The third-order valence-electron chi connectivity index (χ3n) is 4.88. The fraction of sp³-hybridized carbons (Fsp3) is 0.526. The van der Waals surface area contributed by atoms with Crippen molar-refractivity contribution in [3.05, 3.63) is 29.8 Å². The van der Waals surface area contributed by atoms with E-state index in [1.54, 1.807) is 11.8 Å². The number of hydrogen-bond acceptors (Lipinski definition) is 7. The van der Waals surface area contributed by atoms with Gasteiger partial charge in [0.15, 0.2) is 15.0 Å². The molecule has 1 amide bonds. The number of hydrogen-bond donors (Lipinski definition) is 2. The summed E-state index contributed by atoms with van der Waals surface area (Å²) in [5.74, 6) is -0.0753. The van der Waals surface area contributed by atoms with Crippen molar-refractivity contribution in [2.24, 2.45) is 16.0 Å². The Balaban J connectivity index is 1.49. The van der Waals surface area contributed by atoms with E-state index in [4.69, 9.17) is 0 Å². The lowest BCUT2D eigenvalue weighted by Gasteiger charge is -2.09. The molecule has 3 rings (SSSR count). The molecular formula is C19H26N4O3S2.